The molecule has 2 atom stereocenters. The first-order chi connectivity index (χ1) is 11.9. The van der Waals surface area contributed by atoms with E-state index in [1.165, 1.54) is 9.47 Å². The first kappa shape index (κ1) is 17.2. The fraction of sp³-hybridized carbons (Fsp3) is 0.471. The number of hydrogen-bond acceptors (Lipinski definition) is 4. The number of aryl methyl sites for hydroxylation is 1. The van der Waals surface area contributed by atoms with Crippen molar-refractivity contribution >= 4 is 22.9 Å². The van der Waals surface area contributed by atoms with Gasteiger partial charge >= 0.3 is 11.7 Å². The van der Waals surface area contributed by atoms with Crippen LogP contribution in [0.4, 0.5) is 0 Å². The van der Waals surface area contributed by atoms with E-state index >= 15 is 0 Å². The van der Waals surface area contributed by atoms with Gasteiger partial charge in [0.15, 0.2) is 6.10 Å². The van der Waals surface area contributed by atoms with Gasteiger partial charge in [-0.15, -0.1) is 0 Å². The Morgan fingerprint density at radius 3 is 2.44 bits per heavy atom. The summed E-state index contributed by atoms with van der Waals surface area (Å²) in [6, 6.07) is 7.32. The zero-order valence-corrected chi connectivity index (χ0v) is 14.2. The maximum atomic E-state index is 12.7. The maximum Gasteiger partial charge on any atom is 0.334 e. The SMILES string of the molecule is CCn1c(=O)n(CC(=O)N2CC(C(=O)O)O[C@H](C)C2)c2ccccc21. The van der Waals surface area contributed by atoms with Crippen molar-refractivity contribution in [2.24, 2.45) is 0 Å². The van der Waals surface area contributed by atoms with E-state index < -0.39 is 12.1 Å². The van der Waals surface area contributed by atoms with Gasteiger partial charge in [-0.25, -0.2) is 9.59 Å². The number of carboxylic acids is 1. The Kier molecular flexibility index (Phi) is 4.63. The van der Waals surface area contributed by atoms with Crippen molar-refractivity contribution in [3.8, 4) is 0 Å². The summed E-state index contributed by atoms with van der Waals surface area (Å²) in [7, 11) is 0. The number of morpholine rings is 1. The van der Waals surface area contributed by atoms with Crippen LogP contribution in [-0.4, -0.2) is 56.3 Å². The standard InChI is InChI=1S/C17H21N3O5/c1-3-19-12-6-4-5-7-13(12)20(17(19)24)10-15(21)18-8-11(2)25-14(9-18)16(22)23/h4-7,11,14H,3,8-10H2,1-2H3,(H,22,23)/t11-,14?/m1/s1. The summed E-state index contributed by atoms with van der Waals surface area (Å²) in [6.45, 7) is 4.29. The molecule has 134 valence electrons. The van der Waals surface area contributed by atoms with E-state index in [0.29, 0.717) is 18.6 Å². The number of carboxylic acid groups (broad SMARTS) is 1. The number of nitrogens with zero attached hydrogens (tertiary/aromatic N) is 3. The van der Waals surface area contributed by atoms with Crippen molar-refractivity contribution in [3.05, 3.63) is 34.7 Å². The van der Waals surface area contributed by atoms with Crippen LogP contribution in [0.1, 0.15) is 13.8 Å². The number of rotatable bonds is 4. The Bertz CT molecular complexity index is 869. The minimum absolute atomic E-state index is 0.0142. The molecule has 1 aliphatic rings. The number of aliphatic carboxylic acids is 1. The molecule has 3 rings (SSSR count). The Morgan fingerprint density at radius 2 is 1.84 bits per heavy atom. The number of aromatic nitrogens is 2. The monoisotopic (exact) mass is 347 g/mol. The Labute approximate surface area is 144 Å². The number of benzene rings is 1. The molecule has 0 saturated carbocycles. The van der Waals surface area contributed by atoms with E-state index in [4.69, 9.17) is 9.84 Å². The molecule has 1 amide bonds. The third-order valence-corrected chi connectivity index (χ3v) is 4.42. The van der Waals surface area contributed by atoms with E-state index in [1.54, 1.807) is 17.6 Å². The highest BCUT2D eigenvalue weighted by Gasteiger charge is 2.33. The average molecular weight is 347 g/mol. The molecule has 1 aliphatic heterocycles. The predicted octanol–water partition coefficient (Wildman–Crippen LogP) is 0.523. The second-order valence-corrected chi connectivity index (χ2v) is 6.17. The van der Waals surface area contributed by atoms with Gasteiger partial charge in [-0.05, 0) is 26.0 Å². The molecule has 1 aromatic heterocycles. The smallest absolute Gasteiger partial charge is 0.334 e. The summed E-state index contributed by atoms with van der Waals surface area (Å²) in [6.07, 6.45) is -1.41. The topological polar surface area (TPSA) is 93.8 Å². The normalized spacial score (nSPS) is 20.8. The quantitative estimate of drug-likeness (QED) is 0.870. The summed E-state index contributed by atoms with van der Waals surface area (Å²) >= 11 is 0. The van der Waals surface area contributed by atoms with Gasteiger partial charge in [0.25, 0.3) is 0 Å². The molecule has 0 spiro atoms. The number of amides is 1. The van der Waals surface area contributed by atoms with E-state index in [9.17, 15) is 14.4 Å². The van der Waals surface area contributed by atoms with Crippen LogP contribution in [0.15, 0.2) is 29.1 Å². The first-order valence-corrected chi connectivity index (χ1v) is 8.26. The molecule has 0 radical (unpaired) electrons. The summed E-state index contributed by atoms with van der Waals surface area (Å²) in [4.78, 5) is 37.9. The number of carbonyl (C=O) groups excluding carboxylic acids is 1. The fourth-order valence-electron chi connectivity index (χ4n) is 3.26. The number of carbonyl (C=O) groups is 2. The second-order valence-electron chi connectivity index (χ2n) is 6.17. The van der Waals surface area contributed by atoms with Gasteiger partial charge in [0.2, 0.25) is 5.91 Å². The lowest BCUT2D eigenvalue weighted by Gasteiger charge is -2.35. The molecule has 0 bridgehead atoms. The average Bonchev–Trinajstić information content (AvgIpc) is 2.85. The zero-order chi connectivity index (χ0) is 18.1. The molecule has 2 aromatic rings. The van der Waals surface area contributed by atoms with Crippen LogP contribution in [-0.2, 0) is 27.4 Å². The molecule has 25 heavy (non-hydrogen) atoms. The molecule has 1 N–H and O–H groups in total. The number of hydrogen-bond donors (Lipinski definition) is 1. The number of imidazole rings is 1. The van der Waals surface area contributed by atoms with E-state index in [0.717, 1.165) is 5.52 Å². The van der Waals surface area contributed by atoms with Crippen molar-refractivity contribution < 1.29 is 19.4 Å². The lowest BCUT2D eigenvalue weighted by atomic mass is 10.2. The highest BCUT2D eigenvalue weighted by atomic mass is 16.5. The van der Waals surface area contributed by atoms with Crippen LogP contribution in [0, 0.1) is 0 Å². The number of fused-ring (bicyclic) bond motifs is 1. The highest BCUT2D eigenvalue weighted by Crippen LogP contribution is 2.15. The Morgan fingerprint density at radius 1 is 1.20 bits per heavy atom. The van der Waals surface area contributed by atoms with Crippen LogP contribution in [0.25, 0.3) is 11.0 Å². The van der Waals surface area contributed by atoms with Gasteiger partial charge in [-0.1, -0.05) is 12.1 Å². The maximum absolute atomic E-state index is 12.7. The molecule has 1 aromatic carbocycles. The van der Waals surface area contributed by atoms with E-state index in [1.807, 2.05) is 25.1 Å². The minimum atomic E-state index is -1.09. The number of para-hydroxylation sites is 2. The van der Waals surface area contributed by atoms with Crippen LogP contribution >= 0.6 is 0 Å². The van der Waals surface area contributed by atoms with Crippen molar-refractivity contribution in [2.75, 3.05) is 13.1 Å². The fourth-order valence-corrected chi connectivity index (χ4v) is 3.26. The molecule has 2 heterocycles. The highest BCUT2D eigenvalue weighted by molar-refractivity contribution is 5.82. The minimum Gasteiger partial charge on any atom is -0.479 e. The first-order valence-electron chi connectivity index (χ1n) is 8.26. The van der Waals surface area contributed by atoms with Gasteiger partial charge in [0, 0.05) is 13.1 Å². The van der Waals surface area contributed by atoms with Gasteiger partial charge in [0.1, 0.15) is 6.54 Å². The third kappa shape index (κ3) is 3.17. The zero-order valence-electron chi connectivity index (χ0n) is 14.2. The van der Waals surface area contributed by atoms with Gasteiger partial charge in [-0.2, -0.15) is 0 Å². The molecular weight excluding hydrogens is 326 g/mol. The molecule has 0 aliphatic carbocycles. The van der Waals surface area contributed by atoms with Crippen LogP contribution in [0.2, 0.25) is 0 Å². The van der Waals surface area contributed by atoms with Gasteiger partial charge in [-0.3, -0.25) is 13.9 Å². The summed E-state index contributed by atoms with van der Waals surface area (Å²) in [5.74, 6) is -1.38. The molecular formula is C17H21N3O5. The summed E-state index contributed by atoms with van der Waals surface area (Å²) in [5.41, 5.74) is 1.23. The lowest BCUT2D eigenvalue weighted by molar-refractivity contribution is -0.166. The molecule has 1 unspecified atom stereocenters. The van der Waals surface area contributed by atoms with Crippen molar-refractivity contribution in [2.45, 2.75) is 39.1 Å². The molecule has 8 heteroatoms. The van der Waals surface area contributed by atoms with Crippen molar-refractivity contribution in [1.82, 2.24) is 14.0 Å². The largest absolute Gasteiger partial charge is 0.479 e. The van der Waals surface area contributed by atoms with Crippen LogP contribution < -0.4 is 5.69 Å². The van der Waals surface area contributed by atoms with Crippen molar-refractivity contribution in [1.29, 1.82) is 0 Å². The van der Waals surface area contributed by atoms with Gasteiger partial charge < -0.3 is 14.7 Å². The summed E-state index contributed by atoms with van der Waals surface area (Å²) in [5, 5.41) is 9.14. The van der Waals surface area contributed by atoms with Gasteiger partial charge in [0.05, 0.1) is 23.7 Å². The second kappa shape index (κ2) is 6.72. The van der Waals surface area contributed by atoms with Crippen LogP contribution in [0.3, 0.4) is 0 Å². The van der Waals surface area contributed by atoms with Crippen LogP contribution in [0.5, 0.6) is 0 Å². The molecule has 1 saturated heterocycles. The van der Waals surface area contributed by atoms with E-state index in [-0.39, 0.29) is 30.8 Å². The summed E-state index contributed by atoms with van der Waals surface area (Å²) < 4.78 is 8.38. The third-order valence-electron chi connectivity index (χ3n) is 4.42. The van der Waals surface area contributed by atoms with E-state index in [2.05, 4.69) is 0 Å². The van der Waals surface area contributed by atoms with Crippen molar-refractivity contribution in [3.63, 3.8) is 0 Å². The Balaban J connectivity index is 1.89. The molecule has 1 fully saturated rings. The molecule has 8 nitrogen and oxygen atoms in total. The lowest BCUT2D eigenvalue weighted by Crippen LogP contribution is -2.52. The predicted molar refractivity (Wildman–Crippen MR) is 90.4 cm³/mol. The Hall–Kier alpha value is -2.61. The number of ether oxygens (including phenoxy) is 1.